The van der Waals surface area contributed by atoms with E-state index >= 15 is 0 Å². The lowest BCUT2D eigenvalue weighted by Gasteiger charge is -2.24. The first kappa shape index (κ1) is 13.7. The zero-order chi connectivity index (χ0) is 14.8. The van der Waals surface area contributed by atoms with Gasteiger partial charge in [0, 0.05) is 27.3 Å². The summed E-state index contributed by atoms with van der Waals surface area (Å²) in [7, 11) is 5.70. The lowest BCUT2D eigenvalue weighted by Crippen LogP contribution is -2.20. The van der Waals surface area contributed by atoms with Gasteiger partial charge in [-0.1, -0.05) is 6.07 Å². The number of aromatic nitrogens is 4. The molecule has 1 N–H and O–H groups in total. The van der Waals surface area contributed by atoms with Crippen molar-refractivity contribution in [1.29, 1.82) is 0 Å². The van der Waals surface area contributed by atoms with Gasteiger partial charge in [-0.15, -0.1) is 0 Å². The molecule has 1 aliphatic rings. The number of fused-ring (bicyclic) bond motifs is 1. The average Bonchev–Trinajstić information content (AvgIpc) is 2.53. The predicted octanol–water partition coefficient (Wildman–Crippen LogP) is 1.84. The average molecular weight is 284 g/mol. The molecule has 0 aliphatic heterocycles. The summed E-state index contributed by atoms with van der Waals surface area (Å²) in [4.78, 5) is 20.0. The van der Waals surface area contributed by atoms with Crippen LogP contribution < -0.4 is 10.2 Å². The Balaban J connectivity index is 2.07. The van der Waals surface area contributed by atoms with Gasteiger partial charge in [-0.2, -0.15) is 15.0 Å². The first-order chi connectivity index (χ1) is 10.2. The van der Waals surface area contributed by atoms with Crippen LogP contribution in [0.25, 0.3) is 0 Å². The van der Waals surface area contributed by atoms with E-state index in [2.05, 4.69) is 31.3 Å². The summed E-state index contributed by atoms with van der Waals surface area (Å²) in [5.74, 6) is 2.24. The SMILES string of the molecule is CNc1nc(C2CCCc3cccnc32)nc(N(C)C)n1. The highest BCUT2D eigenvalue weighted by molar-refractivity contribution is 5.38. The third-order valence-corrected chi connectivity index (χ3v) is 3.77. The summed E-state index contributed by atoms with van der Waals surface area (Å²) in [5, 5.41) is 3.02. The largest absolute Gasteiger partial charge is 0.357 e. The van der Waals surface area contributed by atoms with Crippen LogP contribution in [0.4, 0.5) is 11.9 Å². The molecule has 0 spiro atoms. The zero-order valence-electron chi connectivity index (χ0n) is 12.7. The highest BCUT2D eigenvalue weighted by Crippen LogP contribution is 2.34. The molecule has 6 nitrogen and oxygen atoms in total. The summed E-state index contributed by atoms with van der Waals surface area (Å²) in [5.41, 5.74) is 2.42. The Morgan fingerprint density at radius 2 is 2.10 bits per heavy atom. The fraction of sp³-hybridized carbons (Fsp3) is 0.467. The summed E-state index contributed by atoms with van der Waals surface area (Å²) in [6.07, 6.45) is 5.11. The standard InChI is InChI=1S/C15H20N6/c1-16-14-18-13(19-15(20-14)21(2)3)11-8-4-6-10-7-5-9-17-12(10)11/h5,7,9,11H,4,6,8H2,1-3H3,(H,16,18,19,20). The number of nitrogens with one attached hydrogen (secondary N) is 1. The van der Waals surface area contributed by atoms with Crippen molar-refractivity contribution in [3.05, 3.63) is 35.4 Å². The molecule has 0 amide bonds. The second-order valence-corrected chi connectivity index (χ2v) is 5.45. The summed E-state index contributed by atoms with van der Waals surface area (Å²) < 4.78 is 0. The molecule has 2 heterocycles. The smallest absolute Gasteiger partial charge is 0.229 e. The third-order valence-electron chi connectivity index (χ3n) is 3.77. The second kappa shape index (κ2) is 5.63. The van der Waals surface area contributed by atoms with Crippen molar-refractivity contribution in [2.45, 2.75) is 25.2 Å². The number of hydrogen-bond donors (Lipinski definition) is 1. The second-order valence-electron chi connectivity index (χ2n) is 5.45. The van der Waals surface area contributed by atoms with E-state index in [1.807, 2.05) is 38.3 Å². The van der Waals surface area contributed by atoms with Crippen LogP contribution >= 0.6 is 0 Å². The van der Waals surface area contributed by atoms with Gasteiger partial charge in [0.25, 0.3) is 0 Å². The Bertz CT molecular complexity index is 640. The molecule has 21 heavy (non-hydrogen) atoms. The minimum atomic E-state index is 0.156. The van der Waals surface area contributed by atoms with Gasteiger partial charge < -0.3 is 10.2 Å². The fourth-order valence-corrected chi connectivity index (χ4v) is 2.71. The van der Waals surface area contributed by atoms with Gasteiger partial charge in [-0.25, -0.2) is 0 Å². The van der Waals surface area contributed by atoms with E-state index in [4.69, 9.17) is 0 Å². The molecule has 1 unspecified atom stereocenters. The zero-order valence-corrected chi connectivity index (χ0v) is 12.7. The molecule has 0 bridgehead atoms. The van der Waals surface area contributed by atoms with Crippen molar-refractivity contribution < 1.29 is 0 Å². The lowest BCUT2D eigenvalue weighted by molar-refractivity contribution is 0.572. The van der Waals surface area contributed by atoms with Crippen LogP contribution in [0.2, 0.25) is 0 Å². The predicted molar refractivity (Wildman–Crippen MR) is 82.7 cm³/mol. The Labute approximate surface area is 124 Å². The van der Waals surface area contributed by atoms with Crippen molar-refractivity contribution >= 4 is 11.9 Å². The molecule has 3 rings (SSSR count). The maximum Gasteiger partial charge on any atom is 0.229 e. The molecule has 0 fully saturated rings. The van der Waals surface area contributed by atoms with Crippen LogP contribution in [0.3, 0.4) is 0 Å². The molecule has 0 saturated heterocycles. The summed E-state index contributed by atoms with van der Waals surface area (Å²) in [6.45, 7) is 0. The van der Waals surface area contributed by atoms with Crippen LogP contribution in [-0.2, 0) is 6.42 Å². The van der Waals surface area contributed by atoms with Crippen LogP contribution in [0.5, 0.6) is 0 Å². The molecular formula is C15H20N6. The Morgan fingerprint density at radius 1 is 1.24 bits per heavy atom. The number of nitrogens with zero attached hydrogens (tertiary/aromatic N) is 5. The van der Waals surface area contributed by atoms with E-state index in [-0.39, 0.29) is 5.92 Å². The van der Waals surface area contributed by atoms with Gasteiger partial charge in [-0.05, 0) is 30.9 Å². The fourth-order valence-electron chi connectivity index (χ4n) is 2.71. The van der Waals surface area contributed by atoms with Gasteiger partial charge in [0.2, 0.25) is 11.9 Å². The first-order valence-electron chi connectivity index (χ1n) is 7.24. The molecule has 2 aromatic rings. The van der Waals surface area contributed by atoms with Gasteiger partial charge in [0.15, 0.2) is 0 Å². The number of hydrogen-bond acceptors (Lipinski definition) is 6. The van der Waals surface area contributed by atoms with Crippen molar-refractivity contribution in [3.63, 3.8) is 0 Å². The van der Waals surface area contributed by atoms with Crippen molar-refractivity contribution in [2.75, 3.05) is 31.4 Å². The van der Waals surface area contributed by atoms with Gasteiger partial charge in [-0.3, -0.25) is 4.98 Å². The van der Waals surface area contributed by atoms with Crippen molar-refractivity contribution in [3.8, 4) is 0 Å². The highest BCUT2D eigenvalue weighted by atomic mass is 15.3. The van der Waals surface area contributed by atoms with E-state index in [1.54, 1.807) is 0 Å². The minimum absolute atomic E-state index is 0.156. The number of rotatable bonds is 3. The van der Waals surface area contributed by atoms with Crippen molar-refractivity contribution in [1.82, 2.24) is 19.9 Å². The Kier molecular flexibility index (Phi) is 3.68. The molecule has 110 valence electrons. The molecule has 0 saturated carbocycles. The molecular weight excluding hydrogens is 264 g/mol. The molecule has 0 aromatic carbocycles. The third kappa shape index (κ3) is 2.66. The molecule has 2 aromatic heterocycles. The van der Waals surface area contributed by atoms with Crippen molar-refractivity contribution in [2.24, 2.45) is 0 Å². The van der Waals surface area contributed by atoms with E-state index < -0.39 is 0 Å². The highest BCUT2D eigenvalue weighted by Gasteiger charge is 2.26. The molecule has 1 aliphatic carbocycles. The quantitative estimate of drug-likeness (QED) is 0.927. The Hall–Kier alpha value is -2.24. The monoisotopic (exact) mass is 284 g/mol. The number of aryl methyl sites for hydroxylation is 1. The molecule has 1 atom stereocenters. The van der Waals surface area contributed by atoms with E-state index in [0.717, 1.165) is 30.8 Å². The van der Waals surface area contributed by atoms with Crippen LogP contribution in [0, 0.1) is 0 Å². The van der Waals surface area contributed by atoms with Gasteiger partial charge in [0.1, 0.15) is 5.82 Å². The maximum absolute atomic E-state index is 4.63. The molecule has 0 radical (unpaired) electrons. The van der Waals surface area contributed by atoms with E-state index in [9.17, 15) is 0 Å². The van der Waals surface area contributed by atoms with E-state index in [1.165, 1.54) is 5.56 Å². The Morgan fingerprint density at radius 3 is 2.86 bits per heavy atom. The minimum Gasteiger partial charge on any atom is -0.357 e. The first-order valence-corrected chi connectivity index (χ1v) is 7.24. The van der Waals surface area contributed by atoms with Crippen LogP contribution in [-0.4, -0.2) is 41.1 Å². The van der Waals surface area contributed by atoms with Gasteiger partial charge in [0.05, 0.1) is 11.6 Å². The topological polar surface area (TPSA) is 66.8 Å². The lowest BCUT2D eigenvalue weighted by atomic mass is 9.86. The maximum atomic E-state index is 4.63. The molecule has 6 heteroatoms. The summed E-state index contributed by atoms with van der Waals surface area (Å²) in [6, 6.07) is 4.15. The number of pyridine rings is 1. The van der Waals surface area contributed by atoms with Crippen LogP contribution in [0.1, 0.15) is 35.8 Å². The normalized spacial score (nSPS) is 17.2. The number of anilines is 2. The van der Waals surface area contributed by atoms with E-state index in [0.29, 0.717) is 11.9 Å². The summed E-state index contributed by atoms with van der Waals surface area (Å²) >= 11 is 0. The van der Waals surface area contributed by atoms with Gasteiger partial charge >= 0.3 is 0 Å². The van der Waals surface area contributed by atoms with Crippen LogP contribution in [0.15, 0.2) is 18.3 Å².